The zero-order valence-electron chi connectivity index (χ0n) is 12.6. The van der Waals surface area contributed by atoms with Crippen LogP contribution in [0.1, 0.15) is 20.8 Å². The van der Waals surface area contributed by atoms with E-state index in [0.29, 0.717) is 11.4 Å². The van der Waals surface area contributed by atoms with Gasteiger partial charge in [-0.3, -0.25) is 0 Å². The summed E-state index contributed by atoms with van der Waals surface area (Å²) in [5.74, 6) is -1.17. The summed E-state index contributed by atoms with van der Waals surface area (Å²) >= 11 is 3.28. The molecule has 0 bridgehead atoms. The molecule has 1 amide bonds. The van der Waals surface area contributed by atoms with Crippen LogP contribution in [0, 0.1) is 0 Å². The number of carbonyl (C=O) groups is 2. The lowest BCUT2D eigenvalue weighted by molar-refractivity contribution is -0.139. The molecule has 0 spiro atoms. The Kier molecular flexibility index (Phi) is 6.04. The summed E-state index contributed by atoms with van der Waals surface area (Å²) in [5, 5.41) is 14.4. The minimum Gasteiger partial charge on any atom is -0.480 e. The molecule has 0 saturated carbocycles. The van der Waals surface area contributed by atoms with Gasteiger partial charge in [-0.25, -0.2) is 9.59 Å². The third-order valence-electron chi connectivity index (χ3n) is 2.50. The van der Waals surface area contributed by atoms with Gasteiger partial charge >= 0.3 is 12.1 Å². The molecule has 1 aromatic carbocycles. The van der Waals surface area contributed by atoms with Crippen LogP contribution in [0.2, 0.25) is 0 Å². The number of carboxylic acid groups (broad SMARTS) is 1. The van der Waals surface area contributed by atoms with Crippen LogP contribution in [0.15, 0.2) is 22.7 Å². The van der Waals surface area contributed by atoms with Crippen LogP contribution >= 0.6 is 15.9 Å². The largest absolute Gasteiger partial charge is 0.480 e. The van der Waals surface area contributed by atoms with Crippen LogP contribution in [0.4, 0.5) is 16.2 Å². The van der Waals surface area contributed by atoms with Crippen LogP contribution in [0.3, 0.4) is 0 Å². The Balaban J connectivity index is 2.65. The molecule has 5 N–H and O–H groups in total. The first-order chi connectivity index (χ1) is 10.1. The molecule has 122 valence electrons. The van der Waals surface area contributed by atoms with Gasteiger partial charge < -0.3 is 26.2 Å². The maximum Gasteiger partial charge on any atom is 0.408 e. The zero-order valence-corrected chi connectivity index (χ0v) is 14.2. The Hall–Kier alpha value is -1.96. The molecule has 8 heteroatoms. The molecule has 0 unspecified atom stereocenters. The van der Waals surface area contributed by atoms with E-state index in [1.165, 1.54) is 0 Å². The fraction of sp³-hybridized carbons (Fsp3) is 0.429. The smallest absolute Gasteiger partial charge is 0.408 e. The lowest BCUT2D eigenvalue weighted by atomic mass is 10.2. The quantitative estimate of drug-likeness (QED) is 0.589. The first-order valence-electron chi connectivity index (χ1n) is 6.59. The molecule has 7 nitrogen and oxygen atoms in total. The van der Waals surface area contributed by atoms with Gasteiger partial charge in [0.15, 0.2) is 0 Å². The molecule has 0 aromatic heterocycles. The van der Waals surface area contributed by atoms with E-state index in [0.717, 1.165) is 4.47 Å². The van der Waals surface area contributed by atoms with E-state index in [2.05, 4.69) is 26.6 Å². The first kappa shape index (κ1) is 18.1. The average molecular weight is 374 g/mol. The van der Waals surface area contributed by atoms with Gasteiger partial charge in [-0.2, -0.15) is 0 Å². The van der Waals surface area contributed by atoms with Gasteiger partial charge in [0.1, 0.15) is 11.6 Å². The molecule has 0 radical (unpaired) electrons. The summed E-state index contributed by atoms with van der Waals surface area (Å²) in [7, 11) is 0. The molecular formula is C14H20BrN3O4. The summed E-state index contributed by atoms with van der Waals surface area (Å²) in [6.45, 7) is 5.07. The number of nitrogens with one attached hydrogen (secondary N) is 2. The second-order valence-corrected chi connectivity index (χ2v) is 6.57. The summed E-state index contributed by atoms with van der Waals surface area (Å²) in [6.07, 6.45) is -0.787. The summed E-state index contributed by atoms with van der Waals surface area (Å²) in [6, 6.07) is 4.04. The Morgan fingerprint density at radius 2 is 2.05 bits per heavy atom. The van der Waals surface area contributed by atoms with Gasteiger partial charge in [-0.15, -0.1) is 0 Å². The lowest BCUT2D eigenvalue weighted by Crippen LogP contribution is -2.47. The van der Waals surface area contributed by atoms with Crippen molar-refractivity contribution in [3.05, 3.63) is 22.7 Å². The van der Waals surface area contributed by atoms with E-state index in [9.17, 15) is 9.59 Å². The van der Waals surface area contributed by atoms with E-state index < -0.39 is 23.7 Å². The number of nitrogens with two attached hydrogens (primary N) is 1. The number of rotatable bonds is 5. The van der Waals surface area contributed by atoms with Crippen LogP contribution in [-0.4, -0.2) is 35.4 Å². The number of aliphatic carboxylic acids is 1. The SMILES string of the molecule is CC(C)(C)OC(=O)N[C@@H](CNc1ccc(Br)cc1N)C(=O)O. The van der Waals surface area contributed by atoms with E-state index in [1.807, 2.05) is 0 Å². The Labute approximate surface area is 137 Å². The lowest BCUT2D eigenvalue weighted by Gasteiger charge is -2.22. The highest BCUT2D eigenvalue weighted by molar-refractivity contribution is 9.10. The average Bonchev–Trinajstić information content (AvgIpc) is 2.33. The number of amides is 1. The van der Waals surface area contributed by atoms with E-state index in [-0.39, 0.29) is 6.54 Å². The normalized spacial score (nSPS) is 12.4. The minimum atomic E-state index is -1.17. The standard InChI is InChI=1S/C14H20BrN3O4/c1-14(2,3)22-13(21)18-11(12(19)20)7-17-10-5-4-8(15)6-9(10)16/h4-6,11,17H,7,16H2,1-3H3,(H,18,21)(H,19,20)/t11-/m0/s1. The van der Waals surface area contributed by atoms with Crippen LogP contribution in [0.5, 0.6) is 0 Å². The van der Waals surface area contributed by atoms with Crippen molar-refractivity contribution in [3.8, 4) is 0 Å². The molecule has 1 rings (SSSR count). The number of carboxylic acids is 1. The van der Waals surface area contributed by atoms with E-state index in [1.54, 1.807) is 39.0 Å². The number of anilines is 2. The Bertz CT molecular complexity index is 558. The molecule has 1 aromatic rings. The van der Waals surface area contributed by atoms with Gasteiger partial charge in [-0.05, 0) is 39.0 Å². The van der Waals surface area contributed by atoms with Crippen molar-refractivity contribution in [1.29, 1.82) is 0 Å². The molecular weight excluding hydrogens is 354 g/mol. The van der Waals surface area contributed by atoms with Crippen molar-refractivity contribution in [2.24, 2.45) is 0 Å². The first-order valence-corrected chi connectivity index (χ1v) is 7.39. The third kappa shape index (κ3) is 6.21. The number of hydrogen-bond acceptors (Lipinski definition) is 5. The zero-order chi connectivity index (χ0) is 16.9. The second kappa shape index (κ2) is 7.35. The monoisotopic (exact) mass is 373 g/mol. The number of benzene rings is 1. The van der Waals surface area contributed by atoms with Crippen molar-refractivity contribution in [1.82, 2.24) is 5.32 Å². The van der Waals surface area contributed by atoms with Crippen LogP contribution in [0.25, 0.3) is 0 Å². The van der Waals surface area contributed by atoms with Crippen molar-refractivity contribution in [2.75, 3.05) is 17.6 Å². The predicted octanol–water partition coefficient (Wildman–Crippen LogP) is 2.42. The van der Waals surface area contributed by atoms with Gasteiger partial charge in [0.05, 0.1) is 11.4 Å². The summed E-state index contributed by atoms with van der Waals surface area (Å²) in [5.41, 5.74) is 6.17. The summed E-state index contributed by atoms with van der Waals surface area (Å²) < 4.78 is 5.85. The van der Waals surface area contributed by atoms with Gasteiger partial charge in [0.2, 0.25) is 0 Å². The van der Waals surface area contributed by atoms with Crippen molar-refractivity contribution in [3.63, 3.8) is 0 Å². The van der Waals surface area contributed by atoms with Crippen LogP contribution in [-0.2, 0) is 9.53 Å². The molecule has 0 aliphatic rings. The van der Waals surface area contributed by atoms with Crippen molar-refractivity contribution >= 4 is 39.4 Å². The molecule has 0 heterocycles. The molecule has 0 aliphatic carbocycles. The number of halogens is 1. The third-order valence-corrected chi connectivity index (χ3v) is 2.99. The molecule has 0 fully saturated rings. The number of alkyl carbamates (subject to hydrolysis) is 1. The van der Waals surface area contributed by atoms with Crippen molar-refractivity contribution < 1.29 is 19.4 Å². The Morgan fingerprint density at radius 3 is 2.55 bits per heavy atom. The van der Waals surface area contributed by atoms with Gasteiger partial charge in [-0.1, -0.05) is 15.9 Å². The fourth-order valence-electron chi connectivity index (χ4n) is 1.56. The minimum absolute atomic E-state index is 0.0274. The topological polar surface area (TPSA) is 114 Å². The van der Waals surface area contributed by atoms with E-state index >= 15 is 0 Å². The maximum absolute atomic E-state index is 11.6. The van der Waals surface area contributed by atoms with Crippen LogP contribution < -0.4 is 16.4 Å². The maximum atomic E-state index is 11.6. The second-order valence-electron chi connectivity index (χ2n) is 5.65. The van der Waals surface area contributed by atoms with Crippen molar-refractivity contribution in [2.45, 2.75) is 32.4 Å². The van der Waals surface area contributed by atoms with E-state index in [4.69, 9.17) is 15.6 Å². The highest BCUT2D eigenvalue weighted by Crippen LogP contribution is 2.22. The van der Waals surface area contributed by atoms with Gasteiger partial charge in [0.25, 0.3) is 0 Å². The molecule has 1 atom stereocenters. The fourth-order valence-corrected chi connectivity index (χ4v) is 1.94. The number of nitrogen functional groups attached to an aromatic ring is 1. The Morgan fingerprint density at radius 1 is 1.41 bits per heavy atom. The molecule has 22 heavy (non-hydrogen) atoms. The number of ether oxygens (including phenoxy) is 1. The van der Waals surface area contributed by atoms with Gasteiger partial charge in [0, 0.05) is 11.0 Å². The summed E-state index contributed by atoms with van der Waals surface area (Å²) in [4.78, 5) is 22.9. The molecule has 0 saturated heterocycles. The molecule has 0 aliphatic heterocycles. The number of hydrogen-bond donors (Lipinski definition) is 4. The number of carbonyl (C=O) groups excluding carboxylic acids is 1. The highest BCUT2D eigenvalue weighted by atomic mass is 79.9. The highest BCUT2D eigenvalue weighted by Gasteiger charge is 2.23. The predicted molar refractivity (Wildman–Crippen MR) is 87.8 cm³/mol.